The fourth-order valence-electron chi connectivity index (χ4n) is 3.15. The van der Waals surface area contributed by atoms with Crippen LogP contribution in [0.3, 0.4) is 0 Å². The number of hydrogen-bond donors (Lipinski definition) is 1. The Hall–Kier alpha value is -0.870. The summed E-state index contributed by atoms with van der Waals surface area (Å²) in [5.74, 6) is 0. The Morgan fingerprint density at radius 3 is 2.53 bits per heavy atom. The van der Waals surface area contributed by atoms with E-state index in [0.717, 1.165) is 13.0 Å². The summed E-state index contributed by atoms with van der Waals surface area (Å²) in [6, 6.07) is 0.487. The standard InChI is InChI=1S/C15H28N4/c1-11-12(10-17-18(11)5)14-13(16)8-6-7-9-19(14)15(2,3)4/h10,13-14H,6-9,16H2,1-5H3. The molecule has 2 unspecified atom stereocenters. The molecule has 2 heterocycles. The molecular weight excluding hydrogens is 236 g/mol. The molecule has 1 aliphatic rings. The highest BCUT2D eigenvalue weighted by molar-refractivity contribution is 5.23. The molecule has 0 bridgehead atoms. The van der Waals surface area contributed by atoms with Crippen LogP contribution in [-0.2, 0) is 7.05 Å². The fraction of sp³-hybridized carbons (Fsp3) is 0.800. The van der Waals surface area contributed by atoms with Crippen molar-refractivity contribution in [1.29, 1.82) is 0 Å². The zero-order valence-corrected chi connectivity index (χ0v) is 13.0. The molecular formula is C15H28N4. The van der Waals surface area contributed by atoms with E-state index in [2.05, 4.69) is 37.7 Å². The Morgan fingerprint density at radius 2 is 2.00 bits per heavy atom. The summed E-state index contributed by atoms with van der Waals surface area (Å²) in [7, 11) is 2.00. The van der Waals surface area contributed by atoms with E-state index in [1.165, 1.54) is 24.1 Å². The third kappa shape index (κ3) is 2.84. The average molecular weight is 264 g/mol. The molecule has 1 aromatic rings. The largest absolute Gasteiger partial charge is 0.326 e. The van der Waals surface area contributed by atoms with Crippen molar-refractivity contribution < 1.29 is 0 Å². The lowest BCUT2D eigenvalue weighted by molar-refractivity contribution is 0.0751. The van der Waals surface area contributed by atoms with Gasteiger partial charge in [-0.05, 0) is 47.1 Å². The van der Waals surface area contributed by atoms with Gasteiger partial charge in [0.1, 0.15) is 0 Å². The van der Waals surface area contributed by atoms with Crippen molar-refractivity contribution >= 4 is 0 Å². The minimum atomic E-state index is 0.134. The first-order valence-corrected chi connectivity index (χ1v) is 7.33. The summed E-state index contributed by atoms with van der Waals surface area (Å²) in [5.41, 5.74) is 9.16. The Bertz CT molecular complexity index is 430. The van der Waals surface area contributed by atoms with Crippen molar-refractivity contribution in [2.24, 2.45) is 12.8 Å². The first kappa shape index (κ1) is 14.5. The predicted molar refractivity (Wildman–Crippen MR) is 79.0 cm³/mol. The minimum Gasteiger partial charge on any atom is -0.326 e. The van der Waals surface area contributed by atoms with Crippen LogP contribution < -0.4 is 5.73 Å². The zero-order valence-electron chi connectivity index (χ0n) is 13.0. The maximum absolute atomic E-state index is 6.50. The molecule has 0 saturated carbocycles. The van der Waals surface area contributed by atoms with Gasteiger partial charge in [-0.1, -0.05) is 6.42 Å². The van der Waals surface area contributed by atoms with E-state index in [-0.39, 0.29) is 17.6 Å². The second-order valence-electron chi connectivity index (χ2n) is 6.78. The van der Waals surface area contributed by atoms with Gasteiger partial charge in [0.2, 0.25) is 0 Å². The molecule has 19 heavy (non-hydrogen) atoms. The summed E-state index contributed by atoms with van der Waals surface area (Å²) in [4.78, 5) is 2.56. The van der Waals surface area contributed by atoms with Gasteiger partial charge in [-0.25, -0.2) is 0 Å². The molecule has 0 amide bonds. The van der Waals surface area contributed by atoms with E-state index >= 15 is 0 Å². The quantitative estimate of drug-likeness (QED) is 0.847. The number of aromatic nitrogens is 2. The van der Waals surface area contributed by atoms with Crippen molar-refractivity contribution in [1.82, 2.24) is 14.7 Å². The average Bonchev–Trinajstić information content (AvgIpc) is 2.52. The van der Waals surface area contributed by atoms with Crippen LogP contribution in [-0.4, -0.2) is 32.8 Å². The van der Waals surface area contributed by atoms with E-state index in [9.17, 15) is 0 Å². The van der Waals surface area contributed by atoms with Crippen LogP contribution in [0.25, 0.3) is 0 Å². The lowest BCUT2D eigenvalue weighted by Crippen LogP contribution is -2.49. The molecule has 0 aromatic carbocycles. The third-order valence-electron chi connectivity index (χ3n) is 4.38. The number of rotatable bonds is 1. The van der Waals surface area contributed by atoms with Crippen LogP contribution in [0.4, 0.5) is 0 Å². The van der Waals surface area contributed by atoms with Gasteiger partial charge in [0.15, 0.2) is 0 Å². The van der Waals surface area contributed by atoms with Crippen LogP contribution in [0.2, 0.25) is 0 Å². The molecule has 1 aromatic heterocycles. The first-order valence-electron chi connectivity index (χ1n) is 7.33. The molecule has 4 heteroatoms. The van der Waals surface area contributed by atoms with Gasteiger partial charge in [-0.15, -0.1) is 0 Å². The molecule has 2 N–H and O–H groups in total. The van der Waals surface area contributed by atoms with Gasteiger partial charge >= 0.3 is 0 Å². The van der Waals surface area contributed by atoms with Crippen LogP contribution >= 0.6 is 0 Å². The molecule has 1 saturated heterocycles. The van der Waals surface area contributed by atoms with Gasteiger partial charge in [0, 0.05) is 29.9 Å². The van der Waals surface area contributed by atoms with E-state index in [4.69, 9.17) is 5.73 Å². The smallest absolute Gasteiger partial charge is 0.0541 e. The van der Waals surface area contributed by atoms with E-state index < -0.39 is 0 Å². The predicted octanol–water partition coefficient (Wildman–Crippen LogP) is 2.38. The maximum Gasteiger partial charge on any atom is 0.0541 e. The van der Waals surface area contributed by atoms with Crippen molar-refractivity contribution in [2.45, 2.75) is 64.6 Å². The van der Waals surface area contributed by atoms with Crippen LogP contribution in [0.15, 0.2) is 6.20 Å². The minimum absolute atomic E-state index is 0.134. The molecule has 4 nitrogen and oxygen atoms in total. The van der Waals surface area contributed by atoms with Crippen molar-refractivity contribution in [3.05, 3.63) is 17.5 Å². The van der Waals surface area contributed by atoms with Crippen molar-refractivity contribution in [2.75, 3.05) is 6.54 Å². The number of aryl methyl sites for hydroxylation is 1. The zero-order chi connectivity index (χ0) is 14.2. The highest BCUT2D eigenvalue weighted by Crippen LogP contribution is 2.35. The van der Waals surface area contributed by atoms with Gasteiger partial charge in [-0.2, -0.15) is 5.10 Å². The summed E-state index contributed by atoms with van der Waals surface area (Å²) in [6.45, 7) is 10.1. The number of nitrogens with zero attached hydrogens (tertiary/aromatic N) is 3. The molecule has 1 aliphatic heterocycles. The second kappa shape index (κ2) is 5.25. The number of hydrogen-bond acceptors (Lipinski definition) is 3. The monoisotopic (exact) mass is 264 g/mol. The van der Waals surface area contributed by atoms with Crippen molar-refractivity contribution in [3.8, 4) is 0 Å². The molecule has 2 atom stereocenters. The molecule has 2 rings (SSSR count). The van der Waals surface area contributed by atoms with Crippen molar-refractivity contribution in [3.63, 3.8) is 0 Å². The number of likely N-dealkylation sites (tertiary alicyclic amines) is 1. The highest BCUT2D eigenvalue weighted by Gasteiger charge is 2.36. The molecule has 108 valence electrons. The number of nitrogens with two attached hydrogens (primary N) is 1. The molecule has 0 aliphatic carbocycles. The van der Waals surface area contributed by atoms with E-state index in [1.807, 2.05) is 17.9 Å². The van der Waals surface area contributed by atoms with E-state index in [0.29, 0.717) is 0 Å². The molecule has 1 fully saturated rings. The van der Waals surface area contributed by atoms with Crippen LogP contribution in [0.1, 0.15) is 57.3 Å². The second-order valence-corrected chi connectivity index (χ2v) is 6.78. The highest BCUT2D eigenvalue weighted by atomic mass is 15.3. The van der Waals surface area contributed by atoms with Crippen LogP contribution in [0.5, 0.6) is 0 Å². The topological polar surface area (TPSA) is 47.1 Å². The summed E-state index contributed by atoms with van der Waals surface area (Å²) in [5, 5.41) is 4.41. The lowest BCUT2D eigenvalue weighted by atomic mass is 9.93. The lowest BCUT2D eigenvalue weighted by Gasteiger charge is -2.42. The maximum atomic E-state index is 6.50. The van der Waals surface area contributed by atoms with Gasteiger partial charge < -0.3 is 5.73 Å². The third-order valence-corrected chi connectivity index (χ3v) is 4.38. The Kier molecular flexibility index (Phi) is 4.02. The van der Waals surface area contributed by atoms with Gasteiger partial charge in [-0.3, -0.25) is 9.58 Å². The normalized spacial score (nSPS) is 26.4. The van der Waals surface area contributed by atoms with Gasteiger partial charge in [0.05, 0.1) is 12.2 Å². The first-order chi connectivity index (χ1) is 8.82. The summed E-state index contributed by atoms with van der Waals surface area (Å²) < 4.78 is 1.95. The SMILES string of the molecule is Cc1c(C2C(N)CCCCN2C(C)(C)C)cnn1C. The molecule has 0 spiro atoms. The molecule has 0 radical (unpaired) electrons. The summed E-state index contributed by atoms with van der Waals surface area (Å²) in [6.07, 6.45) is 5.57. The van der Waals surface area contributed by atoms with Gasteiger partial charge in [0.25, 0.3) is 0 Å². The Morgan fingerprint density at radius 1 is 1.32 bits per heavy atom. The summed E-state index contributed by atoms with van der Waals surface area (Å²) >= 11 is 0. The Labute approximate surface area is 117 Å². The van der Waals surface area contributed by atoms with Crippen LogP contribution in [0, 0.1) is 6.92 Å². The van der Waals surface area contributed by atoms with E-state index in [1.54, 1.807) is 0 Å². The Balaban J connectivity index is 2.43. The fourth-order valence-corrected chi connectivity index (χ4v) is 3.15.